The van der Waals surface area contributed by atoms with E-state index < -0.39 is 5.82 Å². The van der Waals surface area contributed by atoms with Crippen molar-refractivity contribution in [1.82, 2.24) is 4.90 Å². The van der Waals surface area contributed by atoms with Gasteiger partial charge in [0.25, 0.3) is 5.91 Å². The highest BCUT2D eigenvalue weighted by Gasteiger charge is 2.19. The molecule has 0 N–H and O–H groups in total. The fourth-order valence-electron chi connectivity index (χ4n) is 1.71. The van der Waals surface area contributed by atoms with Crippen LogP contribution >= 0.6 is 0 Å². The molecule has 1 aromatic carbocycles. The van der Waals surface area contributed by atoms with Crippen molar-refractivity contribution in [2.75, 3.05) is 13.1 Å². The Kier molecular flexibility index (Phi) is 5.31. The molecule has 1 amide bonds. The highest BCUT2D eigenvalue weighted by atomic mass is 19.1. The molecule has 0 aliphatic rings. The van der Waals surface area contributed by atoms with Gasteiger partial charge in [-0.05, 0) is 18.1 Å². The lowest BCUT2D eigenvalue weighted by atomic mass is 10.1. The van der Waals surface area contributed by atoms with Crippen LogP contribution in [0.3, 0.4) is 0 Å². The molecule has 0 aliphatic carbocycles. The zero-order chi connectivity index (χ0) is 13.5. The number of halogens is 1. The lowest BCUT2D eigenvalue weighted by Crippen LogP contribution is -2.35. The second-order valence-electron chi connectivity index (χ2n) is 4.53. The predicted molar refractivity (Wildman–Crippen MR) is 67.4 cm³/mol. The first kappa shape index (κ1) is 14.2. The van der Waals surface area contributed by atoms with Gasteiger partial charge in [-0.3, -0.25) is 4.79 Å². The normalized spacial score (nSPS) is 10.2. The Balaban J connectivity index is 2.88. The van der Waals surface area contributed by atoms with Crippen LogP contribution in [0.15, 0.2) is 24.3 Å². The fourth-order valence-corrected chi connectivity index (χ4v) is 1.71. The minimum Gasteiger partial charge on any atom is -0.337 e. The molecule has 96 valence electrons. The van der Waals surface area contributed by atoms with E-state index in [1.807, 2.05) is 19.9 Å². The fraction of sp³-hybridized carbons (Fsp3) is 0.429. The summed E-state index contributed by atoms with van der Waals surface area (Å²) >= 11 is 0. The first-order chi connectivity index (χ1) is 8.56. The summed E-state index contributed by atoms with van der Waals surface area (Å²) in [5, 5.41) is 8.59. The number of nitriles is 1. The molecule has 0 spiro atoms. The van der Waals surface area contributed by atoms with Crippen molar-refractivity contribution < 1.29 is 9.18 Å². The smallest absolute Gasteiger partial charge is 0.256 e. The van der Waals surface area contributed by atoms with E-state index in [1.165, 1.54) is 17.0 Å². The molecule has 0 fully saturated rings. The second-order valence-corrected chi connectivity index (χ2v) is 4.53. The Labute approximate surface area is 107 Å². The molecule has 3 nitrogen and oxygen atoms in total. The lowest BCUT2D eigenvalue weighted by molar-refractivity contribution is 0.0735. The third kappa shape index (κ3) is 3.85. The summed E-state index contributed by atoms with van der Waals surface area (Å²) < 4.78 is 13.5. The minimum absolute atomic E-state index is 0.0658. The van der Waals surface area contributed by atoms with Gasteiger partial charge < -0.3 is 4.90 Å². The topological polar surface area (TPSA) is 44.1 Å². The van der Waals surface area contributed by atoms with Crippen molar-refractivity contribution in [3.05, 3.63) is 35.6 Å². The summed E-state index contributed by atoms with van der Waals surface area (Å²) in [7, 11) is 0. The molecule has 4 heteroatoms. The van der Waals surface area contributed by atoms with Crippen LogP contribution in [-0.2, 0) is 0 Å². The number of nitrogens with zero attached hydrogens (tertiary/aromatic N) is 2. The average molecular weight is 248 g/mol. The minimum atomic E-state index is -0.520. The first-order valence-corrected chi connectivity index (χ1v) is 5.97. The quantitative estimate of drug-likeness (QED) is 0.804. The van der Waals surface area contributed by atoms with Crippen molar-refractivity contribution >= 4 is 5.91 Å². The zero-order valence-corrected chi connectivity index (χ0v) is 10.7. The number of benzene rings is 1. The van der Waals surface area contributed by atoms with E-state index in [4.69, 9.17) is 5.26 Å². The van der Waals surface area contributed by atoms with E-state index in [0.29, 0.717) is 13.1 Å². The van der Waals surface area contributed by atoms with E-state index in [1.54, 1.807) is 12.1 Å². The van der Waals surface area contributed by atoms with Gasteiger partial charge >= 0.3 is 0 Å². The van der Waals surface area contributed by atoms with Gasteiger partial charge in [0.15, 0.2) is 0 Å². The summed E-state index contributed by atoms with van der Waals surface area (Å²) in [6.45, 7) is 4.82. The van der Waals surface area contributed by atoms with E-state index in [2.05, 4.69) is 0 Å². The van der Waals surface area contributed by atoms with Crippen LogP contribution in [0.25, 0.3) is 0 Å². The van der Waals surface area contributed by atoms with Crippen molar-refractivity contribution in [1.29, 1.82) is 5.26 Å². The molecule has 0 atom stereocenters. The van der Waals surface area contributed by atoms with Gasteiger partial charge in [-0.1, -0.05) is 26.0 Å². The van der Waals surface area contributed by atoms with Gasteiger partial charge in [0.2, 0.25) is 0 Å². The van der Waals surface area contributed by atoms with Crippen molar-refractivity contribution in [3.63, 3.8) is 0 Å². The summed E-state index contributed by atoms with van der Waals surface area (Å²) in [5.41, 5.74) is 0.0658. The molecule has 0 aliphatic heterocycles. The number of carbonyl (C=O) groups is 1. The molecular weight excluding hydrogens is 231 g/mol. The highest BCUT2D eigenvalue weighted by Crippen LogP contribution is 2.12. The van der Waals surface area contributed by atoms with Gasteiger partial charge in [0.1, 0.15) is 5.82 Å². The molecule has 1 aromatic rings. The highest BCUT2D eigenvalue weighted by molar-refractivity contribution is 5.94. The predicted octanol–water partition coefficient (Wildman–Crippen LogP) is 2.84. The van der Waals surface area contributed by atoms with Gasteiger partial charge in [-0.2, -0.15) is 5.26 Å². The van der Waals surface area contributed by atoms with Crippen LogP contribution in [0.2, 0.25) is 0 Å². The molecule has 0 aromatic heterocycles. The van der Waals surface area contributed by atoms with E-state index in [0.717, 1.165) is 0 Å². The monoisotopic (exact) mass is 248 g/mol. The van der Waals surface area contributed by atoms with Crippen LogP contribution in [0, 0.1) is 23.1 Å². The van der Waals surface area contributed by atoms with Crippen LogP contribution in [0.4, 0.5) is 4.39 Å². The summed E-state index contributed by atoms with van der Waals surface area (Å²) in [4.78, 5) is 13.7. The Bertz CT molecular complexity index is 451. The largest absolute Gasteiger partial charge is 0.337 e. The first-order valence-electron chi connectivity index (χ1n) is 5.97. The van der Waals surface area contributed by atoms with Crippen molar-refractivity contribution in [2.24, 2.45) is 5.92 Å². The van der Waals surface area contributed by atoms with Gasteiger partial charge in [-0.15, -0.1) is 0 Å². The average Bonchev–Trinajstić information content (AvgIpc) is 2.34. The summed E-state index contributed by atoms with van der Waals surface area (Å²) in [6, 6.07) is 7.93. The number of hydrogen-bond donors (Lipinski definition) is 0. The van der Waals surface area contributed by atoms with Crippen LogP contribution in [-0.4, -0.2) is 23.9 Å². The van der Waals surface area contributed by atoms with E-state index in [-0.39, 0.29) is 23.8 Å². The Morgan fingerprint density at radius 1 is 1.44 bits per heavy atom. The Hall–Kier alpha value is -1.89. The summed E-state index contributed by atoms with van der Waals surface area (Å²) in [5.74, 6) is -0.593. The van der Waals surface area contributed by atoms with E-state index >= 15 is 0 Å². The van der Waals surface area contributed by atoms with Gasteiger partial charge in [-0.25, -0.2) is 4.39 Å². The van der Waals surface area contributed by atoms with Crippen molar-refractivity contribution in [2.45, 2.75) is 20.3 Å². The van der Waals surface area contributed by atoms with Crippen LogP contribution in [0.5, 0.6) is 0 Å². The van der Waals surface area contributed by atoms with Crippen molar-refractivity contribution in [3.8, 4) is 6.07 Å². The number of hydrogen-bond acceptors (Lipinski definition) is 2. The molecule has 18 heavy (non-hydrogen) atoms. The standard InChI is InChI=1S/C14H17FN2O/c1-11(2)10-17(9-5-8-16)14(18)12-6-3-4-7-13(12)15/h3-4,6-7,11H,5,9-10H2,1-2H3. The van der Waals surface area contributed by atoms with Gasteiger partial charge in [0.05, 0.1) is 18.1 Å². The third-order valence-electron chi connectivity index (χ3n) is 2.47. The maximum Gasteiger partial charge on any atom is 0.256 e. The second kappa shape index (κ2) is 6.75. The number of rotatable bonds is 5. The molecule has 0 saturated heterocycles. The lowest BCUT2D eigenvalue weighted by Gasteiger charge is -2.23. The molecule has 0 unspecified atom stereocenters. The molecular formula is C14H17FN2O. The molecule has 0 saturated carbocycles. The molecule has 0 heterocycles. The van der Waals surface area contributed by atoms with Crippen LogP contribution < -0.4 is 0 Å². The SMILES string of the molecule is CC(C)CN(CCC#N)C(=O)c1ccccc1F. The van der Waals surface area contributed by atoms with Crippen LogP contribution in [0.1, 0.15) is 30.6 Å². The number of amides is 1. The molecule has 1 rings (SSSR count). The van der Waals surface area contributed by atoms with E-state index in [9.17, 15) is 9.18 Å². The molecule has 0 bridgehead atoms. The third-order valence-corrected chi connectivity index (χ3v) is 2.47. The number of carbonyl (C=O) groups excluding carboxylic acids is 1. The maximum absolute atomic E-state index is 13.5. The zero-order valence-electron chi connectivity index (χ0n) is 10.7. The summed E-state index contributed by atoms with van der Waals surface area (Å²) in [6.07, 6.45) is 0.257. The van der Waals surface area contributed by atoms with Gasteiger partial charge in [0, 0.05) is 13.1 Å². The Morgan fingerprint density at radius 3 is 2.67 bits per heavy atom. The maximum atomic E-state index is 13.5. The molecule has 0 radical (unpaired) electrons. The Morgan fingerprint density at radius 2 is 2.11 bits per heavy atom.